The normalized spacial score (nSPS) is 18.0. The summed E-state index contributed by atoms with van der Waals surface area (Å²) in [5.41, 5.74) is 5.59. The zero-order valence-electron chi connectivity index (χ0n) is 26.6. The summed E-state index contributed by atoms with van der Waals surface area (Å²) in [6, 6.07) is 13.3. The molecule has 1 aromatic heterocycles. The van der Waals surface area contributed by atoms with Crippen molar-refractivity contribution in [1.82, 2.24) is 19.8 Å². The van der Waals surface area contributed by atoms with Crippen molar-refractivity contribution in [2.75, 3.05) is 62.7 Å². The molecule has 3 aliphatic rings. The number of likely N-dealkylation sites (tertiary alicyclic amines) is 2. The SMILES string of the molecule is C=C[C-]=O.[CH2-][C@H](C)N(C[CH-]C)c1nc(/C=C/CN2CC3(CN(C)C3)C2)nc2c1CCN(c1cccc3cccc(C)c13)C2.[W]. The standard InChI is InChI=1S/C33H42N6.C3H3O.W/c1-6-16-39(24(2)3)32-27-15-18-38(29-13-8-12-26-11-7-10-25(4)31(26)29)19-28(27)34-30(35-32)14-9-17-37-22-33(23-37)20-36(5)21-33;1-2-3-4;/h6-14,24H,2,15-23H2,1,3-5H3;2H,1H2;/q-2;-1;/b14-9+;;/t24-;;/m1../s1. The fourth-order valence-corrected chi connectivity index (χ4v) is 7.03. The number of allylic oxidation sites excluding steroid dienone is 1. The number of aromatic nitrogens is 2. The molecule has 1 spiro atoms. The molecular formula is C36H45N6OW-3. The van der Waals surface area contributed by atoms with Gasteiger partial charge in [0.1, 0.15) is 5.82 Å². The smallest absolute Gasteiger partial charge is 0.154 e. The predicted molar refractivity (Wildman–Crippen MR) is 179 cm³/mol. The Morgan fingerprint density at radius 1 is 1.18 bits per heavy atom. The van der Waals surface area contributed by atoms with Crippen LogP contribution in [0.3, 0.4) is 0 Å². The van der Waals surface area contributed by atoms with Gasteiger partial charge in [-0.15, -0.1) is 12.6 Å². The monoisotopic (exact) mass is 761 g/mol. The van der Waals surface area contributed by atoms with E-state index in [1.165, 1.54) is 60.1 Å². The molecule has 0 unspecified atom stereocenters. The minimum Gasteiger partial charge on any atom is -0.419 e. The molecule has 8 heteroatoms. The molecule has 0 saturated carbocycles. The van der Waals surface area contributed by atoms with Crippen LogP contribution in [0.1, 0.15) is 36.5 Å². The predicted octanol–water partition coefficient (Wildman–Crippen LogP) is 5.29. The van der Waals surface area contributed by atoms with Crippen molar-refractivity contribution in [1.29, 1.82) is 0 Å². The van der Waals surface area contributed by atoms with Crippen LogP contribution in [0.2, 0.25) is 0 Å². The summed E-state index contributed by atoms with van der Waals surface area (Å²) in [4.78, 5) is 29.0. The van der Waals surface area contributed by atoms with E-state index in [9.17, 15) is 0 Å². The van der Waals surface area contributed by atoms with Gasteiger partial charge in [0.05, 0.1) is 12.2 Å². The summed E-state index contributed by atoms with van der Waals surface area (Å²) >= 11 is 0. The van der Waals surface area contributed by atoms with Gasteiger partial charge < -0.3 is 32.8 Å². The molecule has 2 aromatic carbocycles. The zero-order chi connectivity index (χ0) is 30.6. The summed E-state index contributed by atoms with van der Waals surface area (Å²) in [5.74, 6) is 1.86. The van der Waals surface area contributed by atoms with Crippen LogP contribution in [0.25, 0.3) is 16.8 Å². The Balaban J connectivity index is 0.000000834. The molecule has 1 atom stereocenters. The Hall–Kier alpha value is -2.86. The van der Waals surface area contributed by atoms with E-state index in [0.29, 0.717) is 5.41 Å². The fourth-order valence-electron chi connectivity index (χ4n) is 7.03. The van der Waals surface area contributed by atoms with E-state index in [1.54, 1.807) is 0 Å². The summed E-state index contributed by atoms with van der Waals surface area (Å²) in [5, 5.41) is 2.64. The number of rotatable bonds is 9. The van der Waals surface area contributed by atoms with Crippen molar-refractivity contribution >= 4 is 34.6 Å². The second-order valence-corrected chi connectivity index (χ2v) is 12.4. The van der Waals surface area contributed by atoms with E-state index in [-0.39, 0.29) is 27.1 Å². The fraction of sp³-hybridized carbons (Fsp3) is 0.417. The maximum absolute atomic E-state index is 8.93. The van der Waals surface area contributed by atoms with Crippen molar-refractivity contribution in [3.8, 4) is 0 Å². The summed E-state index contributed by atoms with van der Waals surface area (Å²) < 4.78 is 0. The Morgan fingerprint density at radius 3 is 2.52 bits per heavy atom. The second-order valence-electron chi connectivity index (χ2n) is 12.4. The Bertz CT molecular complexity index is 1460. The molecule has 0 aliphatic carbocycles. The third-order valence-corrected chi connectivity index (χ3v) is 8.72. The summed E-state index contributed by atoms with van der Waals surface area (Å²) in [7, 11) is 2.22. The van der Waals surface area contributed by atoms with Crippen molar-refractivity contribution < 1.29 is 25.9 Å². The number of hydrogen-bond acceptors (Lipinski definition) is 7. The third-order valence-electron chi connectivity index (χ3n) is 8.72. The molecule has 2 saturated heterocycles. The molecule has 4 heterocycles. The van der Waals surface area contributed by atoms with Crippen LogP contribution in [0, 0.1) is 25.7 Å². The van der Waals surface area contributed by atoms with Gasteiger partial charge in [0.2, 0.25) is 0 Å². The number of anilines is 2. The van der Waals surface area contributed by atoms with Gasteiger partial charge in [-0.25, -0.2) is 22.6 Å². The minimum atomic E-state index is 0. The van der Waals surface area contributed by atoms with E-state index in [0.717, 1.165) is 56.0 Å². The molecule has 0 amide bonds. The van der Waals surface area contributed by atoms with E-state index in [2.05, 4.69) is 116 Å². The van der Waals surface area contributed by atoms with Gasteiger partial charge in [-0.2, -0.15) is 6.92 Å². The van der Waals surface area contributed by atoms with Gasteiger partial charge in [-0.1, -0.05) is 43.3 Å². The number of aryl methyl sites for hydroxylation is 1. The maximum atomic E-state index is 8.93. The average molecular weight is 762 g/mol. The Morgan fingerprint density at radius 2 is 1.89 bits per heavy atom. The summed E-state index contributed by atoms with van der Waals surface area (Å²) in [6.45, 7) is 22.3. The van der Waals surface area contributed by atoms with Gasteiger partial charge in [-0.3, -0.25) is 4.90 Å². The minimum absolute atomic E-state index is 0. The first-order chi connectivity index (χ1) is 20.8. The van der Waals surface area contributed by atoms with Crippen molar-refractivity contribution in [2.24, 2.45) is 5.41 Å². The molecule has 0 radical (unpaired) electrons. The molecule has 0 N–H and O–H groups in total. The van der Waals surface area contributed by atoms with E-state index >= 15 is 0 Å². The van der Waals surface area contributed by atoms with Crippen LogP contribution in [-0.4, -0.2) is 85.0 Å². The maximum Gasteiger partial charge on any atom is 0.154 e. The largest absolute Gasteiger partial charge is 0.419 e. The molecule has 3 aliphatic heterocycles. The molecule has 3 aromatic rings. The van der Waals surface area contributed by atoms with Crippen LogP contribution >= 0.6 is 0 Å². The van der Waals surface area contributed by atoms with Crippen LogP contribution < -0.4 is 9.80 Å². The topological polar surface area (TPSA) is 55.8 Å². The van der Waals surface area contributed by atoms with Crippen molar-refractivity contribution in [3.05, 3.63) is 91.1 Å². The third kappa shape index (κ3) is 7.33. The van der Waals surface area contributed by atoms with Crippen molar-refractivity contribution in [3.63, 3.8) is 0 Å². The first-order valence-electron chi connectivity index (χ1n) is 15.3. The van der Waals surface area contributed by atoms with Crippen LogP contribution in [0.15, 0.2) is 55.1 Å². The number of carbonyl (C=O) groups excluding carboxylic acids is 1. The van der Waals surface area contributed by atoms with Crippen LogP contribution in [0.5, 0.6) is 0 Å². The van der Waals surface area contributed by atoms with Crippen LogP contribution in [-0.2, 0) is 38.8 Å². The molecule has 234 valence electrons. The van der Waals surface area contributed by atoms with E-state index in [4.69, 9.17) is 14.8 Å². The van der Waals surface area contributed by atoms with E-state index in [1.807, 2.05) is 0 Å². The number of hydrogen-bond donors (Lipinski definition) is 0. The molecule has 2 fully saturated rings. The molecule has 0 bridgehead atoms. The zero-order valence-corrected chi connectivity index (χ0v) is 29.6. The quantitative estimate of drug-likeness (QED) is 0.217. The molecule has 7 nitrogen and oxygen atoms in total. The molecular weight excluding hydrogens is 716 g/mol. The first kappa shape index (κ1) is 34.0. The van der Waals surface area contributed by atoms with Gasteiger partial charge in [0.25, 0.3) is 0 Å². The second kappa shape index (κ2) is 14.9. The van der Waals surface area contributed by atoms with Gasteiger partial charge in [0, 0.05) is 82.4 Å². The van der Waals surface area contributed by atoms with Gasteiger partial charge in [-0.05, 0) is 49.8 Å². The number of nitrogens with zero attached hydrogens (tertiary/aromatic N) is 6. The van der Waals surface area contributed by atoms with Crippen molar-refractivity contribution in [2.45, 2.75) is 39.8 Å². The average Bonchev–Trinajstić information content (AvgIpc) is 2.97. The van der Waals surface area contributed by atoms with Gasteiger partial charge in [0.15, 0.2) is 5.82 Å². The Kier molecular flexibility index (Phi) is 11.6. The number of fused-ring (bicyclic) bond motifs is 2. The number of benzene rings is 2. The molecule has 44 heavy (non-hydrogen) atoms. The van der Waals surface area contributed by atoms with E-state index < -0.39 is 0 Å². The van der Waals surface area contributed by atoms with Gasteiger partial charge >= 0.3 is 0 Å². The molecule has 6 rings (SSSR count). The van der Waals surface area contributed by atoms with Crippen LogP contribution in [0.4, 0.5) is 11.5 Å². The Labute approximate surface area is 278 Å². The summed E-state index contributed by atoms with van der Waals surface area (Å²) in [6.07, 6.45) is 10.0. The first-order valence-corrected chi connectivity index (χ1v) is 15.3.